The first kappa shape index (κ1) is 11.4. The first-order valence-electron chi connectivity index (χ1n) is 4.18. The Kier molecular flexibility index (Phi) is 4.10. The normalized spacial score (nSPS) is 12.0. The second kappa shape index (κ2) is 4.69. The van der Waals surface area contributed by atoms with Crippen LogP contribution in [0.1, 0.15) is 20.3 Å². The molecule has 0 saturated carbocycles. The maximum Gasteiger partial charge on any atom is 0.0940 e. The van der Waals surface area contributed by atoms with Gasteiger partial charge in [-0.1, -0.05) is 25.4 Å². The highest BCUT2D eigenvalue weighted by Crippen LogP contribution is 2.39. The summed E-state index contributed by atoms with van der Waals surface area (Å²) in [5.41, 5.74) is 5.54. The third kappa shape index (κ3) is 3.90. The highest BCUT2D eigenvalue weighted by molar-refractivity contribution is 8.02. The van der Waals surface area contributed by atoms with Crippen LogP contribution in [-0.4, -0.2) is 11.3 Å². The Morgan fingerprint density at radius 3 is 2.69 bits per heavy atom. The zero-order chi connectivity index (χ0) is 9.90. The second-order valence-electron chi connectivity index (χ2n) is 3.46. The van der Waals surface area contributed by atoms with Crippen molar-refractivity contribution in [3.8, 4) is 0 Å². The molecule has 0 spiro atoms. The van der Waals surface area contributed by atoms with E-state index >= 15 is 0 Å². The van der Waals surface area contributed by atoms with Crippen molar-refractivity contribution in [1.82, 2.24) is 0 Å². The minimum atomic E-state index is 0.211. The molecular formula is C9H14ClNS2. The van der Waals surface area contributed by atoms with Crippen LogP contribution in [0.15, 0.2) is 16.3 Å². The molecule has 1 heterocycles. The van der Waals surface area contributed by atoms with E-state index in [1.54, 1.807) is 11.3 Å². The molecule has 13 heavy (non-hydrogen) atoms. The van der Waals surface area contributed by atoms with Crippen LogP contribution in [0.3, 0.4) is 0 Å². The first-order chi connectivity index (χ1) is 6.03. The molecule has 0 amide bonds. The first-order valence-corrected chi connectivity index (χ1v) is 6.19. The summed E-state index contributed by atoms with van der Waals surface area (Å²) < 4.78 is 2.33. The predicted octanol–water partition coefficient (Wildman–Crippen LogP) is 3.62. The van der Waals surface area contributed by atoms with E-state index in [1.807, 2.05) is 17.8 Å². The van der Waals surface area contributed by atoms with E-state index in [-0.39, 0.29) is 4.75 Å². The topological polar surface area (TPSA) is 26.0 Å². The highest BCUT2D eigenvalue weighted by Gasteiger charge is 2.19. The zero-order valence-electron chi connectivity index (χ0n) is 7.84. The summed E-state index contributed by atoms with van der Waals surface area (Å²) in [4.78, 5) is 0. The monoisotopic (exact) mass is 235 g/mol. The van der Waals surface area contributed by atoms with Crippen LogP contribution in [0.2, 0.25) is 4.34 Å². The molecule has 1 nitrogen and oxygen atoms in total. The Labute approximate surface area is 92.7 Å². The molecule has 0 atom stereocenters. The molecule has 0 radical (unpaired) electrons. The van der Waals surface area contributed by atoms with Crippen LogP contribution >= 0.6 is 34.7 Å². The molecule has 0 fully saturated rings. The quantitative estimate of drug-likeness (QED) is 0.807. The summed E-state index contributed by atoms with van der Waals surface area (Å²) in [6, 6.07) is 4.00. The second-order valence-corrected chi connectivity index (χ2v) is 7.18. The van der Waals surface area contributed by atoms with Gasteiger partial charge in [-0.3, -0.25) is 0 Å². The molecule has 0 saturated heterocycles. The van der Waals surface area contributed by atoms with Gasteiger partial charge in [0.1, 0.15) is 0 Å². The Morgan fingerprint density at radius 2 is 2.23 bits per heavy atom. The van der Waals surface area contributed by atoms with E-state index in [2.05, 4.69) is 19.9 Å². The summed E-state index contributed by atoms with van der Waals surface area (Å²) >= 11 is 9.32. The van der Waals surface area contributed by atoms with E-state index in [1.165, 1.54) is 4.21 Å². The Bertz CT molecular complexity index is 270. The fraction of sp³-hybridized carbons (Fsp3) is 0.556. The van der Waals surface area contributed by atoms with Gasteiger partial charge in [0.2, 0.25) is 0 Å². The molecule has 4 heteroatoms. The van der Waals surface area contributed by atoms with Crippen LogP contribution in [0.5, 0.6) is 0 Å². The summed E-state index contributed by atoms with van der Waals surface area (Å²) in [6.45, 7) is 5.15. The van der Waals surface area contributed by atoms with Gasteiger partial charge in [-0.15, -0.1) is 23.1 Å². The molecule has 1 rings (SSSR count). The summed E-state index contributed by atoms with van der Waals surface area (Å²) in [5, 5.41) is 0. The molecular weight excluding hydrogens is 222 g/mol. The largest absolute Gasteiger partial charge is 0.330 e. The van der Waals surface area contributed by atoms with Crippen molar-refractivity contribution in [1.29, 1.82) is 0 Å². The van der Waals surface area contributed by atoms with Crippen molar-refractivity contribution < 1.29 is 0 Å². The van der Waals surface area contributed by atoms with Gasteiger partial charge in [0, 0.05) is 4.75 Å². The van der Waals surface area contributed by atoms with Crippen molar-refractivity contribution in [2.24, 2.45) is 5.73 Å². The van der Waals surface area contributed by atoms with Gasteiger partial charge >= 0.3 is 0 Å². The van der Waals surface area contributed by atoms with Gasteiger partial charge in [-0.25, -0.2) is 0 Å². The lowest BCUT2D eigenvalue weighted by Crippen LogP contribution is -2.19. The lowest BCUT2D eigenvalue weighted by molar-refractivity contribution is 0.650. The van der Waals surface area contributed by atoms with Crippen molar-refractivity contribution >= 4 is 34.7 Å². The summed E-state index contributed by atoms with van der Waals surface area (Å²) in [5.74, 6) is 0. The average molecular weight is 236 g/mol. The fourth-order valence-corrected chi connectivity index (χ4v) is 3.95. The molecule has 0 aliphatic rings. The number of halogens is 1. The molecule has 1 aromatic rings. The van der Waals surface area contributed by atoms with Gasteiger partial charge in [0.05, 0.1) is 8.55 Å². The third-order valence-corrected chi connectivity index (χ3v) is 4.29. The maximum atomic E-state index is 5.85. The molecule has 74 valence electrons. The number of hydrogen-bond donors (Lipinski definition) is 1. The highest BCUT2D eigenvalue weighted by atomic mass is 35.5. The van der Waals surface area contributed by atoms with Crippen LogP contribution in [0.4, 0.5) is 0 Å². The van der Waals surface area contributed by atoms with Gasteiger partial charge in [0.25, 0.3) is 0 Å². The number of thioether (sulfide) groups is 1. The molecule has 0 aliphatic carbocycles. The van der Waals surface area contributed by atoms with Gasteiger partial charge in [0.15, 0.2) is 0 Å². The third-order valence-electron chi connectivity index (χ3n) is 1.67. The maximum absolute atomic E-state index is 5.85. The van der Waals surface area contributed by atoms with Gasteiger partial charge in [-0.05, 0) is 25.1 Å². The van der Waals surface area contributed by atoms with E-state index < -0.39 is 0 Å². The molecule has 1 aromatic heterocycles. The molecule has 0 unspecified atom stereocenters. The van der Waals surface area contributed by atoms with Gasteiger partial charge < -0.3 is 5.73 Å². The zero-order valence-corrected chi connectivity index (χ0v) is 10.2. The van der Waals surface area contributed by atoms with Crippen molar-refractivity contribution in [2.45, 2.75) is 29.2 Å². The van der Waals surface area contributed by atoms with Crippen LogP contribution in [0, 0.1) is 0 Å². The number of nitrogens with two attached hydrogens (primary N) is 1. The molecule has 2 N–H and O–H groups in total. The molecule has 0 aliphatic heterocycles. The number of thiophene rings is 1. The Balaban J connectivity index is 2.57. The van der Waals surface area contributed by atoms with Gasteiger partial charge in [-0.2, -0.15) is 0 Å². The number of hydrogen-bond acceptors (Lipinski definition) is 3. The van der Waals surface area contributed by atoms with Crippen LogP contribution in [0.25, 0.3) is 0 Å². The minimum absolute atomic E-state index is 0.211. The van der Waals surface area contributed by atoms with Crippen LogP contribution < -0.4 is 5.73 Å². The molecule has 0 aromatic carbocycles. The fourth-order valence-electron chi connectivity index (χ4n) is 1.02. The lowest BCUT2D eigenvalue weighted by atomic mass is 10.1. The van der Waals surface area contributed by atoms with Crippen molar-refractivity contribution in [2.75, 3.05) is 6.54 Å². The predicted molar refractivity (Wildman–Crippen MR) is 62.9 cm³/mol. The van der Waals surface area contributed by atoms with Crippen molar-refractivity contribution in [3.63, 3.8) is 0 Å². The van der Waals surface area contributed by atoms with E-state index in [4.69, 9.17) is 17.3 Å². The summed E-state index contributed by atoms with van der Waals surface area (Å²) in [7, 11) is 0. The number of rotatable bonds is 4. The Morgan fingerprint density at radius 1 is 1.54 bits per heavy atom. The van der Waals surface area contributed by atoms with Crippen LogP contribution in [-0.2, 0) is 0 Å². The van der Waals surface area contributed by atoms with E-state index in [9.17, 15) is 0 Å². The SMILES string of the molecule is CC(C)(CCN)Sc1ccc(Cl)s1. The Hall–Kier alpha value is 0.300. The molecule has 0 bridgehead atoms. The minimum Gasteiger partial charge on any atom is -0.330 e. The van der Waals surface area contributed by atoms with E-state index in [0.29, 0.717) is 0 Å². The average Bonchev–Trinajstić information content (AvgIpc) is 2.34. The standard InChI is InChI=1S/C9H14ClNS2/c1-9(2,5-6-11)13-8-4-3-7(10)12-8/h3-4H,5-6,11H2,1-2H3. The lowest BCUT2D eigenvalue weighted by Gasteiger charge is -2.21. The van der Waals surface area contributed by atoms with E-state index in [0.717, 1.165) is 17.3 Å². The summed E-state index contributed by atoms with van der Waals surface area (Å²) in [6.07, 6.45) is 1.02. The van der Waals surface area contributed by atoms with Crippen molar-refractivity contribution in [3.05, 3.63) is 16.5 Å². The smallest absolute Gasteiger partial charge is 0.0940 e.